The molecule has 0 spiro atoms. The third kappa shape index (κ3) is 4.93. The largest absolute Gasteiger partial charge is 0.454 e. The number of carbonyl (C=O) groups is 1. The fourth-order valence-corrected chi connectivity index (χ4v) is 3.64. The summed E-state index contributed by atoms with van der Waals surface area (Å²) in [6.07, 6.45) is 0.967. The molecular formula is C24H28N2O4. The number of rotatable bonds is 6. The summed E-state index contributed by atoms with van der Waals surface area (Å²) in [5, 5.41) is 4.29. The summed E-state index contributed by atoms with van der Waals surface area (Å²) in [5.41, 5.74) is 2.85. The van der Waals surface area contributed by atoms with Gasteiger partial charge in [-0.05, 0) is 29.2 Å². The monoisotopic (exact) mass is 408 g/mol. The van der Waals surface area contributed by atoms with Crippen molar-refractivity contribution in [1.29, 1.82) is 0 Å². The van der Waals surface area contributed by atoms with Gasteiger partial charge in [0.05, 0.1) is 12.3 Å². The first kappa shape index (κ1) is 20.3. The van der Waals surface area contributed by atoms with Crippen molar-refractivity contribution in [1.82, 2.24) is 4.90 Å². The number of nitrogens with zero attached hydrogens (tertiary/aromatic N) is 2. The van der Waals surface area contributed by atoms with Gasteiger partial charge in [-0.2, -0.15) is 0 Å². The third-order valence-corrected chi connectivity index (χ3v) is 5.11. The van der Waals surface area contributed by atoms with Crippen LogP contribution in [0.5, 0.6) is 11.5 Å². The normalized spacial score (nSPS) is 17.4. The van der Waals surface area contributed by atoms with Crippen molar-refractivity contribution < 1.29 is 19.1 Å². The number of oxime groups is 1. The van der Waals surface area contributed by atoms with Crippen LogP contribution in [0, 0.1) is 5.41 Å². The lowest BCUT2D eigenvalue weighted by molar-refractivity contribution is -0.135. The highest BCUT2D eigenvalue weighted by Gasteiger charge is 2.29. The summed E-state index contributed by atoms with van der Waals surface area (Å²) in [7, 11) is 0. The van der Waals surface area contributed by atoms with Crippen molar-refractivity contribution in [2.24, 2.45) is 10.6 Å². The fourth-order valence-electron chi connectivity index (χ4n) is 3.64. The minimum absolute atomic E-state index is 0.0727. The van der Waals surface area contributed by atoms with Crippen LogP contribution in [0.3, 0.4) is 0 Å². The van der Waals surface area contributed by atoms with Crippen LogP contribution in [0.15, 0.2) is 53.7 Å². The highest BCUT2D eigenvalue weighted by molar-refractivity contribution is 6.01. The van der Waals surface area contributed by atoms with Gasteiger partial charge in [0.25, 0.3) is 0 Å². The van der Waals surface area contributed by atoms with Crippen LogP contribution in [-0.4, -0.2) is 36.0 Å². The molecule has 0 fully saturated rings. The van der Waals surface area contributed by atoms with E-state index in [2.05, 4.69) is 25.9 Å². The number of amides is 1. The molecule has 158 valence electrons. The predicted octanol–water partition coefficient (Wildman–Crippen LogP) is 4.37. The Morgan fingerprint density at radius 1 is 1.10 bits per heavy atom. The van der Waals surface area contributed by atoms with Gasteiger partial charge in [0, 0.05) is 24.9 Å². The Kier molecular flexibility index (Phi) is 5.66. The molecule has 0 bridgehead atoms. The topological polar surface area (TPSA) is 60.4 Å². The van der Waals surface area contributed by atoms with E-state index in [-0.39, 0.29) is 24.2 Å². The molecule has 4 rings (SSSR count). The van der Waals surface area contributed by atoms with E-state index in [1.165, 1.54) is 0 Å². The Morgan fingerprint density at radius 2 is 1.87 bits per heavy atom. The minimum Gasteiger partial charge on any atom is -0.454 e. The Bertz CT molecular complexity index is 934. The number of hydrogen-bond acceptors (Lipinski definition) is 5. The molecule has 1 atom stereocenters. The van der Waals surface area contributed by atoms with Crippen LogP contribution in [0.4, 0.5) is 0 Å². The van der Waals surface area contributed by atoms with Crippen molar-refractivity contribution >= 4 is 11.6 Å². The maximum Gasteiger partial charge on any atom is 0.231 e. The van der Waals surface area contributed by atoms with Crippen LogP contribution in [-0.2, 0) is 16.2 Å². The van der Waals surface area contributed by atoms with Crippen molar-refractivity contribution in [2.75, 3.05) is 13.3 Å². The van der Waals surface area contributed by atoms with Crippen molar-refractivity contribution in [3.05, 3.63) is 59.7 Å². The lowest BCUT2D eigenvalue weighted by atomic mass is 9.91. The van der Waals surface area contributed by atoms with Crippen LogP contribution < -0.4 is 9.47 Å². The van der Waals surface area contributed by atoms with Gasteiger partial charge in [-0.1, -0.05) is 56.3 Å². The van der Waals surface area contributed by atoms with Crippen molar-refractivity contribution in [3.63, 3.8) is 0 Å². The molecule has 6 nitrogen and oxygen atoms in total. The number of fused-ring (bicyclic) bond motifs is 1. The molecule has 0 aliphatic carbocycles. The quantitative estimate of drug-likeness (QED) is 0.712. The standard InChI is InChI=1S/C24H28N2O4/c1-24(2,3)13-23(27)26(14-17-7-5-4-6-8-17)15-19-12-20(25-30-19)18-9-10-21-22(11-18)29-16-28-21/h4-11,19H,12-16H2,1-3H3/t19-/m0/s1. The number of carbonyl (C=O) groups excluding carboxylic acids is 1. The van der Waals surface area contributed by atoms with Gasteiger partial charge in [-0.25, -0.2) is 0 Å². The summed E-state index contributed by atoms with van der Waals surface area (Å²) >= 11 is 0. The molecule has 6 heteroatoms. The van der Waals surface area contributed by atoms with E-state index in [1.54, 1.807) is 0 Å². The Balaban J connectivity index is 1.43. The second-order valence-corrected chi connectivity index (χ2v) is 9.03. The highest BCUT2D eigenvalue weighted by Crippen LogP contribution is 2.34. The fraction of sp³-hybridized carbons (Fsp3) is 0.417. The highest BCUT2D eigenvalue weighted by atomic mass is 16.7. The Labute approximate surface area is 177 Å². The van der Waals surface area contributed by atoms with E-state index in [0.29, 0.717) is 25.9 Å². The predicted molar refractivity (Wildman–Crippen MR) is 115 cm³/mol. The van der Waals surface area contributed by atoms with Crippen LogP contribution >= 0.6 is 0 Å². The first-order valence-corrected chi connectivity index (χ1v) is 10.3. The molecule has 2 aromatic rings. The summed E-state index contributed by atoms with van der Waals surface area (Å²) in [5.74, 6) is 1.60. The van der Waals surface area contributed by atoms with Gasteiger partial charge in [0.2, 0.25) is 12.7 Å². The molecule has 2 aliphatic heterocycles. The smallest absolute Gasteiger partial charge is 0.231 e. The zero-order valence-electron chi connectivity index (χ0n) is 17.8. The van der Waals surface area contributed by atoms with E-state index >= 15 is 0 Å². The van der Waals surface area contributed by atoms with E-state index in [4.69, 9.17) is 14.3 Å². The second kappa shape index (κ2) is 8.38. The number of benzene rings is 2. The SMILES string of the molecule is CC(C)(C)CC(=O)N(Cc1ccccc1)C[C@@H]1CC(c2ccc3c(c2)OCO3)=NO1. The summed E-state index contributed by atoms with van der Waals surface area (Å²) in [4.78, 5) is 20.6. The van der Waals surface area contributed by atoms with E-state index in [0.717, 1.165) is 28.3 Å². The van der Waals surface area contributed by atoms with Crippen molar-refractivity contribution in [2.45, 2.75) is 46.3 Å². The first-order chi connectivity index (χ1) is 14.4. The molecular weight excluding hydrogens is 380 g/mol. The van der Waals surface area contributed by atoms with E-state index in [9.17, 15) is 4.79 Å². The average molecular weight is 408 g/mol. The second-order valence-electron chi connectivity index (χ2n) is 9.03. The molecule has 0 aromatic heterocycles. The molecule has 0 N–H and O–H groups in total. The summed E-state index contributed by atoms with van der Waals surface area (Å²) in [6, 6.07) is 15.8. The molecule has 2 heterocycles. The van der Waals surface area contributed by atoms with Gasteiger partial charge in [0.15, 0.2) is 17.6 Å². The van der Waals surface area contributed by atoms with Gasteiger partial charge in [0.1, 0.15) is 0 Å². The van der Waals surface area contributed by atoms with Gasteiger partial charge >= 0.3 is 0 Å². The number of hydrogen-bond donors (Lipinski definition) is 0. The number of ether oxygens (including phenoxy) is 2. The zero-order valence-corrected chi connectivity index (χ0v) is 17.8. The minimum atomic E-state index is -0.168. The molecule has 2 aromatic carbocycles. The molecule has 0 saturated heterocycles. The summed E-state index contributed by atoms with van der Waals surface area (Å²) in [6.45, 7) is 7.56. The molecule has 2 aliphatic rings. The van der Waals surface area contributed by atoms with E-state index in [1.807, 2.05) is 53.4 Å². The third-order valence-electron chi connectivity index (χ3n) is 5.11. The van der Waals surface area contributed by atoms with E-state index < -0.39 is 0 Å². The van der Waals surface area contributed by atoms with Gasteiger partial charge in [-0.15, -0.1) is 0 Å². The van der Waals surface area contributed by atoms with Crippen LogP contribution in [0.2, 0.25) is 0 Å². The Morgan fingerprint density at radius 3 is 2.63 bits per heavy atom. The maximum atomic E-state index is 13.0. The molecule has 1 amide bonds. The van der Waals surface area contributed by atoms with Crippen molar-refractivity contribution in [3.8, 4) is 11.5 Å². The Hall–Kier alpha value is -3.02. The lowest BCUT2D eigenvalue weighted by Gasteiger charge is -2.28. The van der Waals surface area contributed by atoms with Gasteiger partial charge in [-0.3, -0.25) is 4.79 Å². The molecule has 30 heavy (non-hydrogen) atoms. The maximum absolute atomic E-state index is 13.0. The molecule has 0 saturated carbocycles. The molecule has 0 radical (unpaired) electrons. The van der Waals surface area contributed by atoms with Crippen LogP contribution in [0.25, 0.3) is 0 Å². The first-order valence-electron chi connectivity index (χ1n) is 10.3. The van der Waals surface area contributed by atoms with Crippen LogP contribution in [0.1, 0.15) is 44.7 Å². The molecule has 0 unspecified atom stereocenters. The average Bonchev–Trinajstić information content (AvgIpc) is 3.35. The summed E-state index contributed by atoms with van der Waals surface area (Å²) < 4.78 is 10.8. The lowest BCUT2D eigenvalue weighted by Crippen LogP contribution is -2.38. The zero-order chi connectivity index (χ0) is 21.1. The van der Waals surface area contributed by atoms with Gasteiger partial charge < -0.3 is 19.2 Å².